The summed E-state index contributed by atoms with van der Waals surface area (Å²) in [6, 6.07) is 12.2. The summed E-state index contributed by atoms with van der Waals surface area (Å²) < 4.78 is 7.65. The number of fused-ring (bicyclic) bond motifs is 4. The topological polar surface area (TPSA) is 66.0 Å². The first-order valence-electron chi connectivity index (χ1n) is 9.93. The number of aromatic nitrogens is 3. The SMILES string of the molecule is COc1ccc2c(c1)CCc1c-2nc2c(c(C)c(C)n2Cc2ccccn2)c1N. The summed E-state index contributed by atoms with van der Waals surface area (Å²) in [6.45, 7) is 4.95. The highest BCUT2D eigenvalue weighted by atomic mass is 16.5. The van der Waals surface area contributed by atoms with Crippen LogP contribution in [0.15, 0.2) is 42.6 Å². The van der Waals surface area contributed by atoms with Crippen molar-refractivity contribution in [3.05, 3.63) is 70.7 Å². The number of nitrogens with zero attached hydrogens (tertiary/aromatic N) is 3. The van der Waals surface area contributed by atoms with Gasteiger partial charge in [-0.05, 0) is 68.1 Å². The van der Waals surface area contributed by atoms with E-state index in [4.69, 9.17) is 15.5 Å². The van der Waals surface area contributed by atoms with Crippen molar-refractivity contribution in [2.45, 2.75) is 33.2 Å². The predicted molar refractivity (Wildman–Crippen MR) is 116 cm³/mol. The molecular formula is C24H24N4O. The summed E-state index contributed by atoms with van der Waals surface area (Å²) in [5.41, 5.74) is 16.5. The molecule has 3 aromatic heterocycles. The first-order valence-corrected chi connectivity index (χ1v) is 9.93. The zero-order valence-electron chi connectivity index (χ0n) is 17.0. The van der Waals surface area contributed by atoms with Gasteiger partial charge in [-0.1, -0.05) is 6.07 Å². The maximum absolute atomic E-state index is 6.74. The molecule has 0 saturated carbocycles. The van der Waals surface area contributed by atoms with Gasteiger partial charge in [-0.3, -0.25) is 4.98 Å². The molecule has 0 radical (unpaired) electrons. The summed E-state index contributed by atoms with van der Waals surface area (Å²) >= 11 is 0. The highest BCUT2D eigenvalue weighted by molar-refractivity contribution is 5.98. The number of aryl methyl sites for hydroxylation is 2. The summed E-state index contributed by atoms with van der Waals surface area (Å²) in [4.78, 5) is 9.67. The van der Waals surface area contributed by atoms with E-state index in [1.807, 2.05) is 30.5 Å². The number of methoxy groups -OCH3 is 1. The van der Waals surface area contributed by atoms with Crippen molar-refractivity contribution in [3.8, 4) is 17.0 Å². The molecule has 0 saturated heterocycles. The fourth-order valence-electron chi connectivity index (χ4n) is 4.45. The molecule has 3 heterocycles. The van der Waals surface area contributed by atoms with E-state index in [2.05, 4.69) is 35.5 Å². The van der Waals surface area contributed by atoms with Crippen molar-refractivity contribution < 1.29 is 4.74 Å². The predicted octanol–water partition coefficient (Wildman–Crippen LogP) is 4.45. The van der Waals surface area contributed by atoms with E-state index >= 15 is 0 Å². The Morgan fingerprint density at radius 2 is 2.00 bits per heavy atom. The molecule has 4 aromatic rings. The first kappa shape index (κ1) is 17.7. The smallest absolute Gasteiger partial charge is 0.143 e. The molecular weight excluding hydrogens is 360 g/mol. The summed E-state index contributed by atoms with van der Waals surface area (Å²) in [6.07, 6.45) is 3.67. The summed E-state index contributed by atoms with van der Waals surface area (Å²) in [5, 5.41) is 1.08. The summed E-state index contributed by atoms with van der Waals surface area (Å²) in [7, 11) is 1.70. The fraction of sp³-hybridized carbons (Fsp3) is 0.250. The lowest BCUT2D eigenvalue weighted by molar-refractivity contribution is 0.414. The quantitative estimate of drug-likeness (QED) is 0.567. The Bertz CT molecular complexity index is 1240. The van der Waals surface area contributed by atoms with E-state index in [-0.39, 0.29) is 0 Å². The van der Waals surface area contributed by atoms with Crippen LogP contribution in [-0.2, 0) is 19.4 Å². The summed E-state index contributed by atoms with van der Waals surface area (Å²) in [5.74, 6) is 0.881. The molecule has 0 fully saturated rings. The Morgan fingerprint density at radius 3 is 2.76 bits per heavy atom. The number of hydrogen-bond acceptors (Lipinski definition) is 4. The van der Waals surface area contributed by atoms with Crippen LogP contribution in [0.2, 0.25) is 0 Å². The molecule has 1 aliphatic carbocycles. The highest BCUT2D eigenvalue weighted by Gasteiger charge is 2.25. The molecule has 29 heavy (non-hydrogen) atoms. The Balaban J connectivity index is 1.75. The highest BCUT2D eigenvalue weighted by Crippen LogP contribution is 2.41. The standard InChI is InChI=1S/C24H24N4O/c1-14-15(2)28(13-17-6-4-5-11-26-17)24-21(14)22(25)20-9-7-16-12-18(29-3)8-10-19(16)23(20)27-24/h4-6,8,10-12H,7,9,13H2,1-3H3,(H2,25,27). The lowest BCUT2D eigenvalue weighted by Crippen LogP contribution is -2.11. The molecule has 0 amide bonds. The molecule has 0 unspecified atom stereocenters. The molecule has 5 nitrogen and oxygen atoms in total. The van der Waals surface area contributed by atoms with Gasteiger partial charge in [-0.25, -0.2) is 4.98 Å². The van der Waals surface area contributed by atoms with Crippen LogP contribution in [-0.4, -0.2) is 21.6 Å². The number of hydrogen-bond donors (Lipinski definition) is 1. The van der Waals surface area contributed by atoms with E-state index in [1.165, 1.54) is 16.8 Å². The second-order valence-corrected chi connectivity index (χ2v) is 7.69. The second-order valence-electron chi connectivity index (χ2n) is 7.69. The van der Waals surface area contributed by atoms with Gasteiger partial charge in [0, 0.05) is 34.1 Å². The Morgan fingerprint density at radius 1 is 1.14 bits per heavy atom. The maximum Gasteiger partial charge on any atom is 0.143 e. The van der Waals surface area contributed by atoms with Crippen LogP contribution in [0.4, 0.5) is 5.69 Å². The van der Waals surface area contributed by atoms with Crippen molar-refractivity contribution in [3.63, 3.8) is 0 Å². The Kier molecular flexibility index (Phi) is 4.05. The minimum Gasteiger partial charge on any atom is -0.497 e. The molecule has 146 valence electrons. The number of rotatable bonds is 3. The average molecular weight is 384 g/mol. The number of ether oxygens (including phenoxy) is 1. The van der Waals surface area contributed by atoms with E-state index in [0.29, 0.717) is 6.54 Å². The third-order valence-electron chi connectivity index (χ3n) is 6.16. The second kappa shape index (κ2) is 6.62. The average Bonchev–Trinajstić information content (AvgIpc) is 2.99. The maximum atomic E-state index is 6.74. The van der Waals surface area contributed by atoms with Gasteiger partial charge in [-0.15, -0.1) is 0 Å². The minimum atomic E-state index is 0.678. The van der Waals surface area contributed by atoms with Crippen LogP contribution in [0.25, 0.3) is 22.3 Å². The van der Waals surface area contributed by atoms with Crippen molar-refractivity contribution in [1.29, 1.82) is 0 Å². The minimum absolute atomic E-state index is 0.678. The van der Waals surface area contributed by atoms with Crippen LogP contribution in [0, 0.1) is 13.8 Å². The molecule has 0 bridgehead atoms. The van der Waals surface area contributed by atoms with Gasteiger partial charge in [0.2, 0.25) is 0 Å². The fourth-order valence-corrected chi connectivity index (χ4v) is 4.45. The van der Waals surface area contributed by atoms with E-state index in [1.54, 1.807) is 7.11 Å². The van der Waals surface area contributed by atoms with E-state index in [0.717, 1.165) is 57.8 Å². The van der Waals surface area contributed by atoms with Crippen LogP contribution >= 0.6 is 0 Å². The van der Waals surface area contributed by atoms with Gasteiger partial charge in [0.25, 0.3) is 0 Å². The van der Waals surface area contributed by atoms with Gasteiger partial charge in [0.05, 0.1) is 25.0 Å². The normalized spacial score (nSPS) is 12.7. The lowest BCUT2D eigenvalue weighted by atomic mass is 9.87. The first-order chi connectivity index (χ1) is 14.1. The number of pyridine rings is 2. The van der Waals surface area contributed by atoms with Crippen molar-refractivity contribution in [2.24, 2.45) is 0 Å². The van der Waals surface area contributed by atoms with Crippen molar-refractivity contribution in [1.82, 2.24) is 14.5 Å². The number of anilines is 1. The van der Waals surface area contributed by atoms with Gasteiger partial charge >= 0.3 is 0 Å². The Hall–Kier alpha value is -3.34. The molecule has 1 aliphatic rings. The zero-order valence-corrected chi connectivity index (χ0v) is 17.0. The largest absolute Gasteiger partial charge is 0.497 e. The molecule has 5 heteroatoms. The van der Waals surface area contributed by atoms with E-state index < -0.39 is 0 Å². The van der Waals surface area contributed by atoms with Crippen molar-refractivity contribution >= 4 is 16.7 Å². The molecule has 1 aromatic carbocycles. The van der Waals surface area contributed by atoms with E-state index in [9.17, 15) is 0 Å². The van der Waals surface area contributed by atoms with Crippen molar-refractivity contribution in [2.75, 3.05) is 12.8 Å². The van der Waals surface area contributed by atoms with Gasteiger partial charge in [0.1, 0.15) is 11.4 Å². The molecule has 0 atom stereocenters. The van der Waals surface area contributed by atoms with Crippen LogP contribution < -0.4 is 10.5 Å². The number of nitrogens with two attached hydrogens (primary N) is 1. The lowest BCUT2D eigenvalue weighted by Gasteiger charge is -2.22. The number of nitrogen functional groups attached to an aromatic ring is 1. The Labute approximate surface area is 170 Å². The molecule has 0 spiro atoms. The number of benzene rings is 1. The van der Waals surface area contributed by atoms with Crippen LogP contribution in [0.5, 0.6) is 5.75 Å². The molecule has 0 aliphatic heterocycles. The van der Waals surface area contributed by atoms with Gasteiger partial charge < -0.3 is 15.0 Å². The van der Waals surface area contributed by atoms with Gasteiger partial charge in [-0.2, -0.15) is 0 Å². The van der Waals surface area contributed by atoms with Crippen LogP contribution in [0.3, 0.4) is 0 Å². The van der Waals surface area contributed by atoms with Crippen LogP contribution in [0.1, 0.15) is 28.1 Å². The monoisotopic (exact) mass is 384 g/mol. The third-order valence-corrected chi connectivity index (χ3v) is 6.16. The third kappa shape index (κ3) is 2.69. The zero-order chi connectivity index (χ0) is 20.1. The van der Waals surface area contributed by atoms with Gasteiger partial charge in [0.15, 0.2) is 0 Å². The molecule has 5 rings (SSSR count). The molecule has 2 N–H and O–H groups in total.